The molecule has 20 heavy (non-hydrogen) atoms. The molecule has 2 aromatic heterocycles. The van der Waals surface area contributed by atoms with E-state index >= 15 is 0 Å². The van der Waals surface area contributed by atoms with Gasteiger partial charge >= 0.3 is 0 Å². The summed E-state index contributed by atoms with van der Waals surface area (Å²) in [7, 11) is 0. The number of hydrogen-bond donors (Lipinski definition) is 2. The Morgan fingerprint density at radius 1 is 1.40 bits per heavy atom. The molecule has 1 atom stereocenters. The Morgan fingerprint density at radius 2 is 2.20 bits per heavy atom. The van der Waals surface area contributed by atoms with Gasteiger partial charge in [-0.2, -0.15) is 5.10 Å². The molecule has 0 radical (unpaired) electrons. The summed E-state index contributed by atoms with van der Waals surface area (Å²) in [5.41, 5.74) is 1.45. The lowest BCUT2D eigenvalue weighted by molar-refractivity contribution is -0.122. The van der Waals surface area contributed by atoms with E-state index in [0.717, 1.165) is 5.69 Å². The number of pyridine rings is 1. The molecular weight excluding hydrogens is 258 g/mol. The molecule has 1 aliphatic heterocycles. The third-order valence-electron chi connectivity index (χ3n) is 3.09. The Kier molecular flexibility index (Phi) is 3.16. The maximum Gasteiger partial charge on any atom is 0.247 e. The summed E-state index contributed by atoms with van der Waals surface area (Å²) < 4.78 is 1.64. The van der Waals surface area contributed by atoms with E-state index in [1.54, 1.807) is 29.5 Å². The van der Waals surface area contributed by atoms with E-state index in [-0.39, 0.29) is 11.8 Å². The second-order valence-electron chi connectivity index (χ2n) is 4.53. The van der Waals surface area contributed by atoms with Crippen LogP contribution in [0.25, 0.3) is 5.69 Å². The molecule has 3 rings (SSSR count). The summed E-state index contributed by atoms with van der Waals surface area (Å²) in [6.07, 6.45) is 7.54. The summed E-state index contributed by atoms with van der Waals surface area (Å²) in [4.78, 5) is 27.0. The molecule has 7 heteroatoms. The molecule has 2 aromatic rings. The molecular formula is C13H13N5O2. The number of anilines is 1. The van der Waals surface area contributed by atoms with Gasteiger partial charge in [0.25, 0.3) is 0 Å². The van der Waals surface area contributed by atoms with Gasteiger partial charge in [0.1, 0.15) is 6.04 Å². The van der Waals surface area contributed by atoms with E-state index in [1.165, 1.54) is 0 Å². The molecule has 0 bridgehead atoms. The molecule has 102 valence electrons. The summed E-state index contributed by atoms with van der Waals surface area (Å²) in [5, 5.41) is 9.54. The van der Waals surface area contributed by atoms with Crippen molar-refractivity contribution >= 4 is 17.5 Å². The highest BCUT2D eigenvalue weighted by Gasteiger charge is 2.27. The van der Waals surface area contributed by atoms with Crippen molar-refractivity contribution in [2.45, 2.75) is 18.9 Å². The van der Waals surface area contributed by atoms with E-state index in [4.69, 9.17) is 0 Å². The van der Waals surface area contributed by atoms with Gasteiger partial charge in [-0.1, -0.05) is 0 Å². The molecule has 2 amide bonds. The van der Waals surface area contributed by atoms with Gasteiger partial charge in [-0.15, -0.1) is 0 Å². The topological polar surface area (TPSA) is 88.9 Å². The summed E-state index contributed by atoms with van der Waals surface area (Å²) in [6.45, 7) is 0. The first-order valence-corrected chi connectivity index (χ1v) is 6.28. The molecule has 1 saturated heterocycles. The van der Waals surface area contributed by atoms with E-state index < -0.39 is 6.04 Å². The van der Waals surface area contributed by atoms with Crippen LogP contribution in [0.15, 0.2) is 36.9 Å². The molecule has 1 unspecified atom stereocenters. The lowest BCUT2D eigenvalue weighted by atomic mass is 10.2. The first-order chi connectivity index (χ1) is 9.72. The second kappa shape index (κ2) is 5.12. The molecule has 0 aromatic carbocycles. The van der Waals surface area contributed by atoms with Crippen LogP contribution in [-0.4, -0.2) is 32.6 Å². The molecule has 0 spiro atoms. The minimum atomic E-state index is -0.452. The lowest BCUT2D eigenvalue weighted by Crippen LogP contribution is -2.37. The van der Waals surface area contributed by atoms with E-state index in [2.05, 4.69) is 20.7 Å². The van der Waals surface area contributed by atoms with Crippen molar-refractivity contribution in [3.63, 3.8) is 0 Å². The van der Waals surface area contributed by atoms with Gasteiger partial charge in [0, 0.05) is 18.8 Å². The zero-order valence-corrected chi connectivity index (χ0v) is 10.6. The van der Waals surface area contributed by atoms with Gasteiger partial charge < -0.3 is 10.6 Å². The summed E-state index contributed by atoms with van der Waals surface area (Å²) >= 11 is 0. The molecule has 2 N–H and O–H groups in total. The minimum absolute atomic E-state index is 0.0855. The van der Waals surface area contributed by atoms with Gasteiger partial charge in [0.15, 0.2) is 0 Å². The van der Waals surface area contributed by atoms with Gasteiger partial charge in [-0.05, 0) is 18.6 Å². The number of aromatic nitrogens is 3. The van der Waals surface area contributed by atoms with Crippen LogP contribution in [0, 0.1) is 0 Å². The third-order valence-corrected chi connectivity index (χ3v) is 3.09. The van der Waals surface area contributed by atoms with Crippen molar-refractivity contribution in [1.82, 2.24) is 20.1 Å². The number of nitrogens with one attached hydrogen (secondary N) is 2. The SMILES string of the molecule is O=C1CCC(C(=O)Nc2cnn(-c3ccncc3)c2)N1. The van der Waals surface area contributed by atoms with Crippen LogP contribution in [-0.2, 0) is 9.59 Å². The lowest BCUT2D eigenvalue weighted by Gasteiger charge is -2.08. The van der Waals surface area contributed by atoms with Crippen molar-refractivity contribution in [2.75, 3.05) is 5.32 Å². The quantitative estimate of drug-likeness (QED) is 0.850. The number of carbonyl (C=O) groups is 2. The average Bonchev–Trinajstić information content (AvgIpc) is 3.09. The van der Waals surface area contributed by atoms with Gasteiger partial charge in [-0.25, -0.2) is 4.68 Å². The third kappa shape index (κ3) is 2.51. The van der Waals surface area contributed by atoms with Crippen molar-refractivity contribution in [3.05, 3.63) is 36.9 Å². The largest absolute Gasteiger partial charge is 0.344 e. The maximum absolute atomic E-state index is 11.9. The minimum Gasteiger partial charge on any atom is -0.344 e. The Bertz CT molecular complexity index is 637. The highest BCUT2D eigenvalue weighted by atomic mass is 16.2. The number of amides is 2. The fraction of sp³-hybridized carbons (Fsp3) is 0.231. The van der Waals surface area contributed by atoms with Crippen LogP contribution < -0.4 is 10.6 Å². The summed E-state index contributed by atoms with van der Waals surface area (Å²) in [6, 6.07) is 3.18. The van der Waals surface area contributed by atoms with Crippen molar-refractivity contribution in [1.29, 1.82) is 0 Å². The molecule has 3 heterocycles. The number of hydrogen-bond acceptors (Lipinski definition) is 4. The Balaban J connectivity index is 1.68. The highest BCUT2D eigenvalue weighted by molar-refractivity contribution is 5.98. The number of carbonyl (C=O) groups excluding carboxylic acids is 2. The molecule has 1 fully saturated rings. The predicted molar refractivity (Wildman–Crippen MR) is 71.2 cm³/mol. The van der Waals surface area contributed by atoms with Gasteiger partial charge in [-0.3, -0.25) is 14.6 Å². The van der Waals surface area contributed by atoms with E-state index in [9.17, 15) is 9.59 Å². The Labute approximate surface area is 115 Å². The normalized spacial score (nSPS) is 17.8. The van der Waals surface area contributed by atoms with Gasteiger partial charge in [0.05, 0.1) is 23.8 Å². The molecule has 0 aliphatic carbocycles. The Morgan fingerprint density at radius 3 is 2.90 bits per heavy atom. The molecule has 0 saturated carbocycles. The summed E-state index contributed by atoms with van der Waals surface area (Å²) in [5.74, 6) is -0.303. The van der Waals surface area contributed by atoms with Crippen molar-refractivity contribution in [2.24, 2.45) is 0 Å². The van der Waals surface area contributed by atoms with Crippen LogP contribution >= 0.6 is 0 Å². The van der Waals surface area contributed by atoms with Crippen LogP contribution in [0.4, 0.5) is 5.69 Å². The van der Waals surface area contributed by atoms with Crippen molar-refractivity contribution < 1.29 is 9.59 Å². The zero-order chi connectivity index (χ0) is 13.9. The van der Waals surface area contributed by atoms with E-state index in [1.807, 2.05) is 12.1 Å². The standard InChI is InChI=1S/C13H13N5O2/c19-12-2-1-11(17-12)13(20)16-9-7-15-18(8-9)10-3-5-14-6-4-10/h3-8,11H,1-2H2,(H,16,20)(H,17,19). The smallest absolute Gasteiger partial charge is 0.247 e. The maximum atomic E-state index is 11.9. The fourth-order valence-corrected chi connectivity index (χ4v) is 2.07. The first-order valence-electron chi connectivity index (χ1n) is 6.28. The van der Waals surface area contributed by atoms with Gasteiger partial charge in [0.2, 0.25) is 11.8 Å². The van der Waals surface area contributed by atoms with E-state index in [0.29, 0.717) is 18.5 Å². The predicted octanol–water partition coefficient (Wildman–Crippen LogP) is 0.484. The molecule has 1 aliphatic rings. The van der Waals surface area contributed by atoms with Crippen LogP contribution in [0.5, 0.6) is 0 Å². The average molecular weight is 271 g/mol. The zero-order valence-electron chi connectivity index (χ0n) is 10.6. The van der Waals surface area contributed by atoms with Crippen LogP contribution in [0.3, 0.4) is 0 Å². The van der Waals surface area contributed by atoms with Crippen LogP contribution in [0.2, 0.25) is 0 Å². The highest BCUT2D eigenvalue weighted by Crippen LogP contribution is 2.13. The monoisotopic (exact) mass is 271 g/mol. The Hall–Kier alpha value is -2.70. The van der Waals surface area contributed by atoms with Crippen molar-refractivity contribution in [3.8, 4) is 5.69 Å². The number of rotatable bonds is 3. The fourth-order valence-electron chi connectivity index (χ4n) is 2.07. The first kappa shape index (κ1) is 12.3. The van der Waals surface area contributed by atoms with Crippen LogP contribution in [0.1, 0.15) is 12.8 Å². The molecule has 7 nitrogen and oxygen atoms in total. The second-order valence-corrected chi connectivity index (χ2v) is 4.53. The number of nitrogens with zero attached hydrogens (tertiary/aromatic N) is 3.